The Balaban J connectivity index is 1.68. The van der Waals surface area contributed by atoms with Crippen molar-refractivity contribution in [2.45, 2.75) is 38.1 Å². The van der Waals surface area contributed by atoms with Crippen molar-refractivity contribution in [3.05, 3.63) is 47.2 Å². The lowest BCUT2D eigenvalue weighted by molar-refractivity contribution is -0.115. The maximum absolute atomic E-state index is 12.3. The number of amides is 1. The number of aryl methyl sites for hydroxylation is 1. The zero-order valence-corrected chi connectivity index (χ0v) is 16.3. The largest absolute Gasteiger partial charge is 0.326 e. The molecule has 3 rings (SSSR count). The van der Waals surface area contributed by atoms with Gasteiger partial charge in [-0.15, -0.1) is 11.3 Å². The molecule has 1 aromatic carbocycles. The molecule has 2 N–H and O–H groups in total. The van der Waals surface area contributed by atoms with E-state index in [0.717, 1.165) is 16.3 Å². The molecule has 0 bridgehead atoms. The third-order valence-electron chi connectivity index (χ3n) is 3.58. The zero-order valence-electron chi connectivity index (χ0n) is 14.7. The number of rotatable bonds is 6. The van der Waals surface area contributed by atoms with Gasteiger partial charge in [-0.3, -0.25) is 9.20 Å². The second-order valence-electron chi connectivity index (χ2n) is 6.29. The Morgan fingerprint density at radius 2 is 1.96 bits per heavy atom. The number of carbonyl (C=O) groups excluding carboxylic acids is 1. The molecule has 0 saturated heterocycles. The van der Waals surface area contributed by atoms with E-state index in [1.54, 1.807) is 26.0 Å². The van der Waals surface area contributed by atoms with Crippen LogP contribution in [0, 0.1) is 6.92 Å². The van der Waals surface area contributed by atoms with Gasteiger partial charge >= 0.3 is 0 Å². The number of aromatic nitrogens is 2. The van der Waals surface area contributed by atoms with Crippen LogP contribution in [0.2, 0.25) is 0 Å². The minimum Gasteiger partial charge on any atom is -0.326 e. The SMILES string of the molecule is Cc1cn2c(CC(=O)Nc3ccc(S(=O)(=O)NC(C)C)cc3)csc2n1. The number of hydrogen-bond acceptors (Lipinski definition) is 5. The average molecular weight is 393 g/mol. The second kappa shape index (κ2) is 7.18. The van der Waals surface area contributed by atoms with Gasteiger partial charge in [0, 0.05) is 29.0 Å². The molecule has 138 valence electrons. The first kappa shape index (κ1) is 18.6. The summed E-state index contributed by atoms with van der Waals surface area (Å²) in [5.74, 6) is -0.174. The molecule has 2 aromatic heterocycles. The molecule has 0 atom stereocenters. The van der Waals surface area contributed by atoms with E-state index in [4.69, 9.17) is 0 Å². The maximum Gasteiger partial charge on any atom is 0.240 e. The highest BCUT2D eigenvalue weighted by Crippen LogP contribution is 2.18. The topological polar surface area (TPSA) is 92.6 Å². The number of benzene rings is 1. The van der Waals surface area contributed by atoms with Gasteiger partial charge in [0.05, 0.1) is 17.0 Å². The summed E-state index contributed by atoms with van der Waals surface area (Å²) in [5, 5.41) is 4.70. The van der Waals surface area contributed by atoms with E-state index in [1.165, 1.54) is 23.5 Å². The summed E-state index contributed by atoms with van der Waals surface area (Å²) < 4.78 is 28.6. The average Bonchev–Trinajstić information content (AvgIpc) is 3.07. The van der Waals surface area contributed by atoms with Crippen molar-refractivity contribution in [2.75, 3.05) is 5.32 Å². The van der Waals surface area contributed by atoms with E-state index in [-0.39, 0.29) is 23.3 Å². The maximum atomic E-state index is 12.3. The summed E-state index contributed by atoms with van der Waals surface area (Å²) in [4.78, 5) is 17.7. The van der Waals surface area contributed by atoms with Crippen molar-refractivity contribution in [1.29, 1.82) is 0 Å². The second-order valence-corrected chi connectivity index (χ2v) is 8.84. The lowest BCUT2D eigenvalue weighted by atomic mass is 10.3. The van der Waals surface area contributed by atoms with Crippen LogP contribution < -0.4 is 10.0 Å². The van der Waals surface area contributed by atoms with E-state index in [0.29, 0.717) is 5.69 Å². The van der Waals surface area contributed by atoms with E-state index < -0.39 is 10.0 Å². The summed E-state index contributed by atoms with van der Waals surface area (Å²) >= 11 is 1.49. The molecular weight excluding hydrogens is 372 g/mol. The number of nitrogens with one attached hydrogen (secondary N) is 2. The number of carbonyl (C=O) groups is 1. The highest BCUT2D eigenvalue weighted by Gasteiger charge is 2.15. The third kappa shape index (κ3) is 4.12. The Morgan fingerprint density at radius 3 is 2.62 bits per heavy atom. The molecule has 0 spiro atoms. The van der Waals surface area contributed by atoms with Crippen LogP contribution in [0.25, 0.3) is 4.96 Å². The fourth-order valence-corrected chi connectivity index (χ4v) is 4.70. The number of thiazole rings is 1. The molecule has 1 amide bonds. The summed E-state index contributed by atoms with van der Waals surface area (Å²) in [7, 11) is -3.54. The molecule has 0 aliphatic rings. The lowest BCUT2D eigenvalue weighted by Crippen LogP contribution is -2.30. The number of fused-ring (bicyclic) bond motifs is 1. The fraction of sp³-hybridized carbons (Fsp3) is 0.294. The van der Waals surface area contributed by atoms with Gasteiger partial charge in [-0.1, -0.05) is 0 Å². The van der Waals surface area contributed by atoms with Gasteiger partial charge in [0.25, 0.3) is 0 Å². The molecule has 0 saturated carbocycles. The molecule has 9 heteroatoms. The van der Waals surface area contributed by atoms with Gasteiger partial charge < -0.3 is 5.32 Å². The minimum atomic E-state index is -3.54. The monoisotopic (exact) mass is 392 g/mol. The van der Waals surface area contributed by atoms with Crippen molar-refractivity contribution in [3.8, 4) is 0 Å². The normalized spacial score (nSPS) is 12.0. The number of hydrogen-bond donors (Lipinski definition) is 2. The first-order valence-electron chi connectivity index (χ1n) is 8.09. The van der Waals surface area contributed by atoms with E-state index >= 15 is 0 Å². The predicted molar refractivity (Wildman–Crippen MR) is 102 cm³/mol. The Hall–Kier alpha value is -2.23. The molecule has 0 aliphatic heterocycles. The zero-order chi connectivity index (χ0) is 18.9. The Morgan fingerprint density at radius 1 is 1.27 bits per heavy atom. The van der Waals surface area contributed by atoms with Crippen molar-refractivity contribution < 1.29 is 13.2 Å². The third-order valence-corrected chi connectivity index (χ3v) is 6.15. The van der Waals surface area contributed by atoms with Crippen molar-refractivity contribution in [2.24, 2.45) is 0 Å². The predicted octanol–water partition coefficient (Wildman–Crippen LogP) is 2.57. The summed E-state index contributed by atoms with van der Waals surface area (Å²) in [6.07, 6.45) is 2.11. The summed E-state index contributed by atoms with van der Waals surface area (Å²) in [6, 6.07) is 5.92. The lowest BCUT2D eigenvalue weighted by Gasteiger charge is -2.10. The number of nitrogens with zero attached hydrogens (tertiary/aromatic N) is 2. The van der Waals surface area contributed by atoms with Crippen molar-refractivity contribution in [3.63, 3.8) is 0 Å². The van der Waals surface area contributed by atoms with Crippen LogP contribution >= 0.6 is 11.3 Å². The fourth-order valence-electron chi connectivity index (χ4n) is 2.53. The smallest absolute Gasteiger partial charge is 0.240 e. The highest BCUT2D eigenvalue weighted by molar-refractivity contribution is 7.89. The first-order valence-corrected chi connectivity index (χ1v) is 10.5. The van der Waals surface area contributed by atoms with E-state index in [2.05, 4.69) is 15.0 Å². The van der Waals surface area contributed by atoms with Crippen LogP contribution in [0.15, 0.2) is 40.7 Å². The number of anilines is 1. The molecule has 0 radical (unpaired) electrons. The van der Waals surface area contributed by atoms with Gasteiger partial charge in [0.15, 0.2) is 4.96 Å². The Kier molecular flexibility index (Phi) is 5.12. The molecule has 26 heavy (non-hydrogen) atoms. The molecule has 0 aliphatic carbocycles. The number of imidazole rings is 1. The van der Waals surface area contributed by atoms with Crippen molar-refractivity contribution in [1.82, 2.24) is 14.1 Å². The van der Waals surface area contributed by atoms with Gasteiger partial charge in [-0.2, -0.15) is 0 Å². The van der Waals surface area contributed by atoms with Crippen LogP contribution in [0.5, 0.6) is 0 Å². The molecule has 3 aromatic rings. The quantitative estimate of drug-likeness (QED) is 0.674. The molecular formula is C17H20N4O3S2. The molecule has 7 nitrogen and oxygen atoms in total. The molecule has 0 unspecified atom stereocenters. The first-order chi connectivity index (χ1) is 12.2. The standard InChI is InChI=1S/C17H20N4O3S2/c1-11(2)20-26(23,24)15-6-4-13(5-7-15)19-16(22)8-14-10-25-17-18-12(3)9-21(14)17/h4-7,9-11,20H,8H2,1-3H3,(H,19,22). The van der Waals surface area contributed by atoms with Crippen LogP contribution in [-0.4, -0.2) is 29.8 Å². The molecule has 2 heterocycles. The Bertz CT molecular complexity index is 1030. The summed E-state index contributed by atoms with van der Waals surface area (Å²) in [5.41, 5.74) is 2.32. The minimum absolute atomic E-state index is 0.164. The molecule has 0 fully saturated rings. The van der Waals surface area contributed by atoms with Gasteiger partial charge in [-0.25, -0.2) is 18.1 Å². The summed E-state index contributed by atoms with van der Waals surface area (Å²) in [6.45, 7) is 5.43. The van der Waals surface area contributed by atoms with Gasteiger partial charge in [-0.05, 0) is 45.0 Å². The van der Waals surface area contributed by atoms with Gasteiger partial charge in [0.1, 0.15) is 0 Å². The van der Waals surface area contributed by atoms with Crippen LogP contribution in [0.4, 0.5) is 5.69 Å². The van der Waals surface area contributed by atoms with Gasteiger partial charge in [0.2, 0.25) is 15.9 Å². The van der Waals surface area contributed by atoms with Crippen molar-refractivity contribution >= 4 is 37.9 Å². The Labute approximate surface area is 156 Å². The van der Waals surface area contributed by atoms with E-state index in [1.807, 2.05) is 22.9 Å². The highest BCUT2D eigenvalue weighted by atomic mass is 32.2. The van der Waals surface area contributed by atoms with Crippen LogP contribution in [-0.2, 0) is 21.2 Å². The number of sulfonamides is 1. The van der Waals surface area contributed by atoms with Crippen LogP contribution in [0.1, 0.15) is 25.2 Å². The van der Waals surface area contributed by atoms with E-state index in [9.17, 15) is 13.2 Å². The van der Waals surface area contributed by atoms with Crippen LogP contribution in [0.3, 0.4) is 0 Å².